The molecule has 0 saturated carbocycles. The molecule has 1 heterocycles. The van der Waals surface area contributed by atoms with E-state index in [4.69, 9.17) is 4.74 Å². The van der Waals surface area contributed by atoms with Crippen LogP contribution in [0.5, 0.6) is 0 Å². The normalized spacial score (nSPS) is 13.0. The molecule has 3 aromatic carbocycles. The van der Waals surface area contributed by atoms with Gasteiger partial charge < -0.3 is 10.1 Å². The smallest absolute Gasteiger partial charge is 0.356 e. The van der Waals surface area contributed by atoms with Crippen molar-refractivity contribution in [2.45, 2.75) is 6.92 Å². The Morgan fingerprint density at radius 3 is 2.03 bits per heavy atom. The second-order valence-electron chi connectivity index (χ2n) is 7.43. The second-order valence-corrected chi connectivity index (χ2v) is 7.43. The highest BCUT2D eigenvalue weighted by Crippen LogP contribution is 2.22. The molecule has 3 amide bonds. The number of hydrogen-bond donors (Lipinski definition) is 1. The van der Waals surface area contributed by atoms with Crippen LogP contribution in [-0.2, 0) is 9.53 Å². The van der Waals surface area contributed by atoms with E-state index in [2.05, 4.69) is 5.32 Å². The fourth-order valence-corrected chi connectivity index (χ4v) is 3.32. The maximum Gasteiger partial charge on any atom is 0.356 e. The fourth-order valence-electron chi connectivity index (χ4n) is 3.32. The molecule has 0 fully saturated rings. The number of aryl methyl sites for hydroxylation is 1. The Morgan fingerprint density at radius 1 is 0.848 bits per heavy atom. The standard InChI is InChI=1S/C26H20N2O5/c1-17-11-13-19(14-12-17)23(29)27-22(15-18-7-3-2-4-8-18)26(32)33-16-28-24(30)20-9-5-6-10-21(20)25(28)31/h2-15H,16H2,1H3,(H,27,29)/b22-15-. The summed E-state index contributed by atoms with van der Waals surface area (Å²) in [5, 5.41) is 2.58. The van der Waals surface area contributed by atoms with Crippen molar-refractivity contribution in [3.63, 3.8) is 0 Å². The summed E-state index contributed by atoms with van der Waals surface area (Å²) in [4.78, 5) is 51.4. The SMILES string of the molecule is Cc1ccc(C(=O)N/C(=C\c2ccccc2)C(=O)OCN2C(=O)c3ccccc3C2=O)cc1. The lowest BCUT2D eigenvalue weighted by molar-refractivity contribution is -0.141. The molecule has 33 heavy (non-hydrogen) atoms. The molecule has 0 spiro atoms. The van der Waals surface area contributed by atoms with E-state index in [9.17, 15) is 19.2 Å². The minimum Gasteiger partial charge on any atom is -0.439 e. The summed E-state index contributed by atoms with van der Waals surface area (Å²) < 4.78 is 5.25. The van der Waals surface area contributed by atoms with Gasteiger partial charge in [0, 0.05) is 5.56 Å². The Kier molecular flexibility index (Phi) is 6.13. The van der Waals surface area contributed by atoms with Gasteiger partial charge in [0.15, 0.2) is 6.73 Å². The molecule has 0 bridgehead atoms. The molecule has 0 atom stereocenters. The first-order valence-corrected chi connectivity index (χ1v) is 10.2. The van der Waals surface area contributed by atoms with Gasteiger partial charge >= 0.3 is 5.97 Å². The van der Waals surface area contributed by atoms with E-state index in [-0.39, 0.29) is 16.8 Å². The van der Waals surface area contributed by atoms with Crippen molar-refractivity contribution in [3.05, 3.63) is 112 Å². The zero-order valence-electron chi connectivity index (χ0n) is 17.8. The first kappa shape index (κ1) is 21.7. The van der Waals surface area contributed by atoms with Gasteiger partial charge in [-0.15, -0.1) is 0 Å². The zero-order chi connectivity index (χ0) is 23.4. The largest absolute Gasteiger partial charge is 0.439 e. The topological polar surface area (TPSA) is 92.8 Å². The molecule has 1 aliphatic rings. The quantitative estimate of drug-likeness (QED) is 0.359. The van der Waals surface area contributed by atoms with E-state index in [1.165, 1.54) is 6.08 Å². The number of amides is 3. The van der Waals surface area contributed by atoms with Gasteiger partial charge in [0.2, 0.25) is 0 Å². The number of carbonyl (C=O) groups excluding carboxylic acids is 4. The van der Waals surface area contributed by atoms with Gasteiger partial charge in [0.25, 0.3) is 17.7 Å². The maximum absolute atomic E-state index is 12.9. The van der Waals surface area contributed by atoms with Crippen molar-refractivity contribution in [1.29, 1.82) is 0 Å². The van der Waals surface area contributed by atoms with Gasteiger partial charge in [-0.3, -0.25) is 14.4 Å². The lowest BCUT2D eigenvalue weighted by atomic mass is 10.1. The van der Waals surface area contributed by atoms with Crippen LogP contribution >= 0.6 is 0 Å². The van der Waals surface area contributed by atoms with Crippen LogP contribution in [0.3, 0.4) is 0 Å². The number of esters is 1. The molecule has 0 unspecified atom stereocenters. The number of fused-ring (bicyclic) bond motifs is 1. The van der Waals surface area contributed by atoms with Crippen molar-refractivity contribution in [1.82, 2.24) is 10.2 Å². The number of rotatable bonds is 6. The lowest BCUT2D eigenvalue weighted by Gasteiger charge is -2.15. The molecular formula is C26H20N2O5. The Hall–Kier alpha value is -4.52. The van der Waals surface area contributed by atoms with E-state index in [1.54, 1.807) is 72.8 Å². The molecular weight excluding hydrogens is 420 g/mol. The van der Waals surface area contributed by atoms with E-state index in [0.717, 1.165) is 10.5 Å². The van der Waals surface area contributed by atoms with Crippen LogP contribution in [0.2, 0.25) is 0 Å². The molecule has 0 saturated heterocycles. The summed E-state index contributed by atoms with van der Waals surface area (Å²) in [6, 6.07) is 22.2. The number of imide groups is 1. The molecule has 0 aliphatic carbocycles. The summed E-state index contributed by atoms with van der Waals surface area (Å²) in [5.74, 6) is -2.45. The van der Waals surface area contributed by atoms with Crippen molar-refractivity contribution in [2.75, 3.05) is 6.73 Å². The minimum atomic E-state index is -0.879. The third kappa shape index (κ3) is 4.72. The first-order chi connectivity index (χ1) is 15.9. The van der Waals surface area contributed by atoms with Crippen molar-refractivity contribution >= 4 is 29.8 Å². The van der Waals surface area contributed by atoms with E-state index < -0.39 is 30.4 Å². The second kappa shape index (κ2) is 9.32. The van der Waals surface area contributed by atoms with Crippen LogP contribution in [-0.4, -0.2) is 35.3 Å². The Bertz CT molecular complexity index is 1230. The highest BCUT2D eigenvalue weighted by Gasteiger charge is 2.36. The summed E-state index contributed by atoms with van der Waals surface area (Å²) >= 11 is 0. The molecule has 1 N–H and O–H groups in total. The number of nitrogens with one attached hydrogen (secondary N) is 1. The van der Waals surface area contributed by atoms with Gasteiger partial charge in [-0.1, -0.05) is 60.2 Å². The molecule has 0 aromatic heterocycles. The summed E-state index contributed by atoms with van der Waals surface area (Å²) in [6.07, 6.45) is 1.47. The number of carbonyl (C=O) groups is 4. The molecule has 4 rings (SSSR count). The lowest BCUT2D eigenvalue weighted by Crippen LogP contribution is -2.35. The predicted molar refractivity (Wildman–Crippen MR) is 121 cm³/mol. The monoisotopic (exact) mass is 440 g/mol. The Labute approximate surface area is 190 Å². The van der Waals surface area contributed by atoms with Crippen LogP contribution in [0, 0.1) is 6.92 Å². The molecule has 164 valence electrons. The van der Waals surface area contributed by atoms with E-state index in [0.29, 0.717) is 11.1 Å². The highest BCUT2D eigenvalue weighted by atomic mass is 16.5. The number of nitrogens with zero attached hydrogens (tertiary/aromatic N) is 1. The van der Waals surface area contributed by atoms with Gasteiger partial charge in [-0.2, -0.15) is 0 Å². The average molecular weight is 440 g/mol. The zero-order valence-corrected chi connectivity index (χ0v) is 17.8. The number of hydrogen-bond acceptors (Lipinski definition) is 5. The molecule has 0 radical (unpaired) electrons. The minimum absolute atomic E-state index is 0.122. The number of ether oxygens (including phenoxy) is 1. The van der Waals surface area contributed by atoms with E-state index >= 15 is 0 Å². The molecule has 7 nitrogen and oxygen atoms in total. The van der Waals surface area contributed by atoms with Gasteiger partial charge in [-0.25, -0.2) is 9.69 Å². The van der Waals surface area contributed by atoms with Crippen LogP contribution in [0.25, 0.3) is 6.08 Å². The molecule has 1 aliphatic heterocycles. The maximum atomic E-state index is 12.9. The van der Waals surface area contributed by atoms with Gasteiger partial charge in [-0.05, 0) is 42.8 Å². The van der Waals surface area contributed by atoms with Gasteiger partial charge in [0.1, 0.15) is 5.70 Å². The third-order valence-corrected chi connectivity index (χ3v) is 5.10. The van der Waals surface area contributed by atoms with Crippen LogP contribution in [0.15, 0.2) is 84.6 Å². The van der Waals surface area contributed by atoms with Crippen LogP contribution < -0.4 is 5.32 Å². The van der Waals surface area contributed by atoms with Crippen LogP contribution in [0.1, 0.15) is 42.2 Å². The summed E-state index contributed by atoms with van der Waals surface area (Å²) in [7, 11) is 0. The predicted octanol–water partition coefficient (Wildman–Crippen LogP) is 3.56. The van der Waals surface area contributed by atoms with Crippen molar-refractivity contribution in [3.8, 4) is 0 Å². The Morgan fingerprint density at radius 2 is 1.42 bits per heavy atom. The molecule has 3 aromatic rings. The summed E-state index contributed by atoms with van der Waals surface area (Å²) in [5.41, 5.74) is 2.41. The van der Waals surface area contributed by atoms with E-state index in [1.807, 2.05) is 13.0 Å². The average Bonchev–Trinajstić information content (AvgIpc) is 3.08. The third-order valence-electron chi connectivity index (χ3n) is 5.10. The first-order valence-electron chi connectivity index (χ1n) is 10.2. The Balaban J connectivity index is 1.52. The molecule has 7 heteroatoms. The van der Waals surface area contributed by atoms with Gasteiger partial charge in [0.05, 0.1) is 11.1 Å². The fraction of sp³-hybridized carbons (Fsp3) is 0.0769. The van der Waals surface area contributed by atoms with Crippen LogP contribution in [0.4, 0.5) is 0 Å². The van der Waals surface area contributed by atoms with Crippen molar-refractivity contribution < 1.29 is 23.9 Å². The summed E-state index contributed by atoms with van der Waals surface area (Å²) in [6.45, 7) is 1.33. The number of benzene rings is 3. The van der Waals surface area contributed by atoms with Crippen molar-refractivity contribution in [2.24, 2.45) is 0 Å². The highest BCUT2D eigenvalue weighted by molar-refractivity contribution is 6.21.